The Morgan fingerprint density at radius 3 is 1.20 bits per heavy atom. The van der Waals surface area contributed by atoms with Gasteiger partial charge in [0.05, 0.1) is 13.2 Å². The van der Waals surface area contributed by atoms with Gasteiger partial charge in [-0.15, -0.1) is 0 Å². The largest absolute Gasteiger partial charge is 0.394 e. The monoisotopic (exact) mass is 90.0 g/mol. The van der Waals surface area contributed by atoms with Crippen LogP contribution in [0.25, 0.3) is 0 Å². The van der Waals surface area contributed by atoms with Gasteiger partial charge in [-0.3, -0.25) is 0 Å². The van der Waals surface area contributed by atoms with Crippen LogP contribution in [0, 0.1) is 0 Å². The molecule has 0 saturated carbocycles. The Kier molecular flexibility index (Phi) is 15.9. The van der Waals surface area contributed by atoms with Crippen molar-refractivity contribution in [3.63, 3.8) is 0 Å². The molecule has 0 aliphatic carbocycles. The lowest BCUT2D eigenvalue weighted by Crippen LogP contribution is -1.85. The van der Waals surface area contributed by atoms with Gasteiger partial charge in [0.1, 0.15) is 0 Å². The summed E-state index contributed by atoms with van der Waals surface area (Å²) in [6.07, 6.45) is 0. The Labute approximate surface area is 35.5 Å². The van der Waals surface area contributed by atoms with Crippen LogP contribution in [0.2, 0.25) is 0 Å². The van der Waals surface area contributed by atoms with E-state index >= 15 is 0 Å². The maximum Gasteiger partial charge on any atom is 0.0662 e. The minimum Gasteiger partial charge on any atom is -0.394 e. The Morgan fingerprint density at radius 1 is 1.00 bits per heavy atom. The number of hydrogen-bond donors (Lipinski definition) is 2. The van der Waals surface area contributed by atoms with Gasteiger partial charge in [-0.1, -0.05) is 0 Å². The zero-order chi connectivity index (χ0) is 3.41. The third-order valence-electron chi connectivity index (χ3n) is 0.1000. The SMILES string of the molecule is OCCO.[Si]. The molecule has 0 aliphatic heterocycles. The molecule has 0 amide bonds. The summed E-state index contributed by atoms with van der Waals surface area (Å²) < 4.78 is 0. The van der Waals surface area contributed by atoms with Crippen molar-refractivity contribution in [2.75, 3.05) is 13.2 Å². The van der Waals surface area contributed by atoms with Crippen molar-refractivity contribution >= 4 is 11.0 Å². The normalized spacial score (nSPS) is 6.00. The van der Waals surface area contributed by atoms with Crippen molar-refractivity contribution in [2.24, 2.45) is 0 Å². The predicted octanol–water partition coefficient (Wildman–Crippen LogP) is -1.41. The summed E-state index contributed by atoms with van der Waals surface area (Å²) in [6.45, 7) is -0.250. The van der Waals surface area contributed by atoms with Gasteiger partial charge >= 0.3 is 0 Å². The Bertz CT molecular complexity index is 9.61. The molecule has 2 nitrogen and oxygen atoms in total. The van der Waals surface area contributed by atoms with Crippen molar-refractivity contribution in [1.82, 2.24) is 0 Å². The van der Waals surface area contributed by atoms with Crippen LogP contribution in [0.15, 0.2) is 0 Å². The van der Waals surface area contributed by atoms with Gasteiger partial charge in [0.2, 0.25) is 0 Å². The number of aliphatic hydroxyl groups is 2. The van der Waals surface area contributed by atoms with E-state index in [0.29, 0.717) is 0 Å². The lowest BCUT2D eigenvalue weighted by Gasteiger charge is -1.70. The highest BCUT2D eigenvalue weighted by molar-refractivity contribution is 5.75. The van der Waals surface area contributed by atoms with E-state index in [-0.39, 0.29) is 24.2 Å². The summed E-state index contributed by atoms with van der Waals surface area (Å²) >= 11 is 0. The van der Waals surface area contributed by atoms with Crippen molar-refractivity contribution < 1.29 is 10.2 Å². The molecule has 2 N–H and O–H groups in total. The average Bonchev–Trinajstić information content (AvgIpc) is 1.37. The third-order valence-corrected chi connectivity index (χ3v) is 0.1000. The third kappa shape index (κ3) is 14.6. The first kappa shape index (κ1) is 8.93. The molecule has 0 heterocycles. The van der Waals surface area contributed by atoms with Crippen LogP contribution in [0.4, 0.5) is 0 Å². The second-order valence-corrected chi connectivity index (χ2v) is 0.447. The molecule has 3 heteroatoms. The molecule has 0 aliphatic rings. The first-order chi connectivity index (χ1) is 1.91. The molecule has 4 radical (unpaired) electrons. The zero-order valence-electron chi connectivity index (χ0n) is 2.81. The van der Waals surface area contributed by atoms with Crippen LogP contribution >= 0.6 is 0 Å². The molecule has 0 aromatic carbocycles. The van der Waals surface area contributed by atoms with E-state index in [9.17, 15) is 0 Å². The molecule has 0 fully saturated rings. The van der Waals surface area contributed by atoms with Gasteiger partial charge in [-0.25, -0.2) is 0 Å². The fourth-order valence-corrected chi connectivity index (χ4v) is 0. The van der Waals surface area contributed by atoms with E-state index in [1.807, 2.05) is 0 Å². The van der Waals surface area contributed by atoms with Gasteiger partial charge < -0.3 is 10.2 Å². The summed E-state index contributed by atoms with van der Waals surface area (Å²) in [5.74, 6) is 0. The smallest absolute Gasteiger partial charge is 0.0662 e. The minimum absolute atomic E-state index is 0. The zero-order valence-corrected chi connectivity index (χ0v) is 3.81. The molecule has 30 valence electrons. The van der Waals surface area contributed by atoms with Crippen LogP contribution in [-0.4, -0.2) is 34.4 Å². The van der Waals surface area contributed by atoms with Gasteiger partial charge in [0.15, 0.2) is 0 Å². The first-order valence-electron chi connectivity index (χ1n) is 1.13. The Balaban J connectivity index is 0. The molecule has 0 unspecified atom stereocenters. The molecule has 0 bridgehead atoms. The van der Waals surface area contributed by atoms with E-state index in [1.165, 1.54) is 0 Å². The lowest BCUT2D eigenvalue weighted by molar-refractivity contribution is 0.186. The van der Waals surface area contributed by atoms with Gasteiger partial charge in [-0.2, -0.15) is 0 Å². The highest BCUT2D eigenvalue weighted by atomic mass is 28.1. The van der Waals surface area contributed by atoms with Crippen molar-refractivity contribution in [2.45, 2.75) is 0 Å². The lowest BCUT2D eigenvalue weighted by atomic mass is 10.8. The van der Waals surface area contributed by atoms with Crippen LogP contribution in [-0.2, 0) is 0 Å². The molecule has 0 rings (SSSR count). The Hall–Kier alpha value is 0.137. The highest BCUT2D eigenvalue weighted by Crippen LogP contribution is 1.39. The van der Waals surface area contributed by atoms with Crippen LogP contribution in [0.5, 0.6) is 0 Å². The van der Waals surface area contributed by atoms with Crippen LogP contribution in [0.1, 0.15) is 0 Å². The second kappa shape index (κ2) is 8.91. The fourth-order valence-electron chi connectivity index (χ4n) is 0. The molecule has 5 heavy (non-hydrogen) atoms. The Morgan fingerprint density at radius 2 is 1.20 bits per heavy atom. The van der Waals surface area contributed by atoms with E-state index in [2.05, 4.69) is 0 Å². The van der Waals surface area contributed by atoms with Crippen molar-refractivity contribution in [3.8, 4) is 0 Å². The average molecular weight is 90.2 g/mol. The number of rotatable bonds is 1. The molecule has 0 atom stereocenters. The quantitative estimate of drug-likeness (QED) is 0.388. The fraction of sp³-hybridized carbons (Fsp3) is 1.00. The summed E-state index contributed by atoms with van der Waals surface area (Å²) in [4.78, 5) is 0. The standard InChI is InChI=1S/C2H6O2.Si/c3-1-2-4;/h3-4H,1-2H2;. The predicted molar refractivity (Wildman–Crippen MR) is 19.9 cm³/mol. The number of hydrogen-bond acceptors (Lipinski definition) is 2. The van der Waals surface area contributed by atoms with Gasteiger partial charge in [0.25, 0.3) is 0 Å². The summed E-state index contributed by atoms with van der Waals surface area (Å²) in [6, 6.07) is 0. The first-order valence-corrected chi connectivity index (χ1v) is 1.13. The minimum atomic E-state index is -0.125. The van der Waals surface area contributed by atoms with E-state index in [0.717, 1.165) is 0 Å². The molecule has 0 aromatic rings. The van der Waals surface area contributed by atoms with Gasteiger partial charge in [0, 0.05) is 11.0 Å². The molecular weight excluding hydrogens is 84.1 g/mol. The topological polar surface area (TPSA) is 40.5 Å². The maximum absolute atomic E-state index is 7.62. The van der Waals surface area contributed by atoms with E-state index in [1.54, 1.807) is 0 Å². The van der Waals surface area contributed by atoms with E-state index < -0.39 is 0 Å². The van der Waals surface area contributed by atoms with Crippen molar-refractivity contribution in [1.29, 1.82) is 0 Å². The molecule has 0 spiro atoms. The van der Waals surface area contributed by atoms with Crippen LogP contribution < -0.4 is 0 Å². The summed E-state index contributed by atoms with van der Waals surface area (Å²) in [5.41, 5.74) is 0. The summed E-state index contributed by atoms with van der Waals surface area (Å²) in [7, 11) is 0. The van der Waals surface area contributed by atoms with E-state index in [4.69, 9.17) is 10.2 Å². The molecular formula is C2H6O2Si. The number of aliphatic hydroxyl groups excluding tert-OH is 2. The van der Waals surface area contributed by atoms with Gasteiger partial charge in [-0.05, 0) is 0 Å². The molecule has 0 saturated heterocycles. The van der Waals surface area contributed by atoms with Crippen molar-refractivity contribution in [3.05, 3.63) is 0 Å². The maximum atomic E-state index is 7.62. The van der Waals surface area contributed by atoms with Crippen LogP contribution in [0.3, 0.4) is 0 Å². The second-order valence-electron chi connectivity index (χ2n) is 0.447. The highest BCUT2D eigenvalue weighted by Gasteiger charge is 1.58. The summed E-state index contributed by atoms with van der Waals surface area (Å²) in [5, 5.41) is 15.2. The molecule has 0 aromatic heterocycles.